The minimum absolute atomic E-state index is 0.0847. The zero-order valence-electron chi connectivity index (χ0n) is 17.1. The van der Waals surface area contributed by atoms with Crippen molar-refractivity contribution in [3.63, 3.8) is 0 Å². The number of carbonyl (C=O) groups excluding carboxylic acids is 1. The van der Waals surface area contributed by atoms with Crippen LogP contribution >= 0.6 is 0 Å². The lowest BCUT2D eigenvalue weighted by Crippen LogP contribution is -2.39. The van der Waals surface area contributed by atoms with Crippen LogP contribution in [0.2, 0.25) is 0 Å². The monoisotopic (exact) mass is 387 g/mol. The van der Waals surface area contributed by atoms with Crippen molar-refractivity contribution in [1.29, 1.82) is 0 Å². The SMILES string of the molecule is CCC(CCC(C)C)Nc1c(Nc2cccc(C(=O)N(C)C)c2O)c(=O)c1=O. The molecule has 0 heterocycles. The van der Waals surface area contributed by atoms with E-state index in [1.807, 2.05) is 6.92 Å². The van der Waals surface area contributed by atoms with Gasteiger partial charge < -0.3 is 20.6 Å². The van der Waals surface area contributed by atoms with Gasteiger partial charge in [0.1, 0.15) is 11.4 Å². The molecule has 0 aromatic heterocycles. The van der Waals surface area contributed by atoms with Crippen LogP contribution in [0, 0.1) is 5.92 Å². The summed E-state index contributed by atoms with van der Waals surface area (Å²) in [5, 5.41) is 16.4. The number of hydrogen-bond acceptors (Lipinski definition) is 6. The number of phenolic OH excluding ortho intramolecular Hbond substituents is 1. The number of benzene rings is 1. The van der Waals surface area contributed by atoms with Gasteiger partial charge in [0, 0.05) is 20.1 Å². The van der Waals surface area contributed by atoms with Gasteiger partial charge in [0.15, 0.2) is 5.75 Å². The molecule has 0 saturated heterocycles. The Balaban J connectivity index is 2.26. The zero-order chi connectivity index (χ0) is 21.0. The number of anilines is 3. The second-order valence-electron chi connectivity index (χ2n) is 7.66. The number of rotatable bonds is 9. The predicted molar refractivity (Wildman–Crippen MR) is 113 cm³/mol. The molecule has 0 spiro atoms. The van der Waals surface area contributed by atoms with Crippen molar-refractivity contribution >= 4 is 23.0 Å². The average Bonchev–Trinajstić information content (AvgIpc) is 2.66. The molecule has 0 aliphatic rings. The Hall–Kier alpha value is -2.83. The van der Waals surface area contributed by atoms with Gasteiger partial charge in [-0.15, -0.1) is 0 Å². The lowest BCUT2D eigenvalue weighted by molar-refractivity contribution is 0.0824. The van der Waals surface area contributed by atoms with Crippen LogP contribution in [0.15, 0.2) is 27.8 Å². The molecule has 7 heteroatoms. The smallest absolute Gasteiger partial charge is 0.257 e. The number of aromatic hydroxyl groups is 1. The topological polar surface area (TPSA) is 98.7 Å². The summed E-state index contributed by atoms with van der Waals surface area (Å²) in [6.07, 6.45) is 2.73. The lowest BCUT2D eigenvalue weighted by atomic mass is 10.0. The average molecular weight is 387 g/mol. The molecule has 2 aromatic rings. The molecule has 152 valence electrons. The standard InChI is InChI=1S/C21H29N3O4/c1-6-13(11-10-12(2)3)22-16-17(20(27)19(16)26)23-15-9-7-8-14(18(15)25)21(28)24(4)5/h7-9,12-13,22-23,25H,6,10-11H2,1-5H3. The van der Waals surface area contributed by atoms with Crippen LogP contribution in [0.3, 0.4) is 0 Å². The summed E-state index contributed by atoms with van der Waals surface area (Å²) in [6.45, 7) is 6.31. The minimum Gasteiger partial charge on any atom is -0.505 e. The van der Waals surface area contributed by atoms with Crippen molar-refractivity contribution in [2.45, 2.75) is 46.1 Å². The fourth-order valence-electron chi connectivity index (χ4n) is 2.96. The maximum absolute atomic E-state index is 12.2. The summed E-state index contributed by atoms with van der Waals surface area (Å²) in [6, 6.07) is 4.75. The number of hydrogen-bond donors (Lipinski definition) is 3. The first kappa shape index (κ1) is 21.5. The Labute approximate surface area is 165 Å². The second kappa shape index (κ2) is 8.91. The van der Waals surface area contributed by atoms with Crippen LogP contribution in [-0.4, -0.2) is 36.1 Å². The molecular formula is C21H29N3O4. The minimum atomic E-state index is -0.634. The van der Waals surface area contributed by atoms with Crippen molar-refractivity contribution in [2.24, 2.45) is 5.92 Å². The van der Waals surface area contributed by atoms with Gasteiger partial charge in [-0.05, 0) is 37.3 Å². The number of amides is 1. The van der Waals surface area contributed by atoms with Crippen molar-refractivity contribution in [3.05, 3.63) is 44.2 Å². The van der Waals surface area contributed by atoms with Crippen LogP contribution in [0.1, 0.15) is 50.4 Å². The van der Waals surface area contributed by atoms with Crippen molar-refractivity contribution in [1.82, 2.24) is 4.90 Å². The highest BCUT2D eigenvalue weighted by atomic mass is 16.3. The fourth-order valence-corrected chi connectivity index (χ4v) is 2.96. The van der Waals surface area contributed by atoms with Crippen LogP contribution < -0.4 is 21.5 Å². The molecule has 1 amide bonds. The first-order valence-corrected chi connectivity index (χ1v) is 9.57. The van der Waals surface area contributed by atoms with E-state index >= 15 is 0 Å². The largest absolute Gasteiger partial charge is 0.505 e. The van der Waals surface area contributed by atoms with E-state index in [1.165, 1.54) is 11.0 Å². The van der Waals surface area contributed by atoms with Crippen molar-refractivity contribution in [3.8, 4) is 5.75 Å². The number of para-hydroxylation sites is 1. The number of phenols is 1. The van der Waals surface area contributed by atoms with Crippen LogP contribution in [0.4, 0.5) is 17.1 Å². The number of nitrogens with zero attached hydrogens (tertiary/aromatic N) is 1. The third-order valence-corrected chi connectivity index (χ3v) is 4.78. The maximum Gasteiger partial charge on any atom is 0.257 e. The van der Waals surface area contributed by atoms with Crippen LogP contribution in [0.25, 0.3) is 0 Å². The molecule has 0 aliphatic heterocycles. The van der Waals surface area contributed by atoms with Gasteiger partial charge in [0.05, 0.1) is 11.3 Å². The molecule has 1 unspecified atom stereocenters. The molecule has 0 radical (unpaired) electrons. The predicted octanol–water partition coefficient (Wildman–Crippen LogP) is 3.06. The number of nitrogens with one attached hydrogen (secondary N) is 2. The summed E-state index contributed by atoms with van der Waals surface area (Å²) in [4.78, 5) is 37.7. The zero-order valence-corrected chi connectivity index (χ0v) is 17.1. The highest BCUT2D eigenvalue weighted by molar-refractivity contribution is 5.99. The molecule has 2 rings (SSSR count). The van der Waals surface area contributed by atoms with Crippen LogP contribution in [-0.2, 0) is 0 Å². The highest BCUT2D eigenvalue weighted by Gasteiger charge is 2.25. The maximum atomic E-state index is 12.2. The summed E-state index contributed by atoms with van der Waals surface area (Å²) >= 11 is 0. The summed E-state index contributed by atoms with van der Waals surface area (Å²) < 4.78 is 0. The van der Waals surface area contributed by atoms with Gasteiger partial charge in [0.2, 0.25) is 0 Å². The molecule has 28 heavy (non-hydrogen) atoms. The summed E-state index contributed by atoms with van der Waals surface area (Å²) in [5.41, 5.74) is -0.512. The Morgan fingerprint density at radius 3 is 2.32 bits per heavy atom. The molecule has 7 nitrogen and oxygen atoms in total. The second-order valence-corrected chi connectivity index (χ2v) is 7.66. The van der Waals surface area contributed by atoms with Gasteiger partial charge >= 0.3 is 0 Å². The third-order valence-electron chi connectivity index (χ3n) is 4.78. The Morgan fingerprint density at radius 1 is 1.11 bits per heavy atom. The van der Waals surface area contributed by atoms with E-state index < -0.39 is 10.9 Å². The van der Waals surface area contributed by atoms with E-state index in [2.05, 4.69) is 24.5 Å². The Morgan fingerprint density at radius 2 is 1.75 bits per heavy atom. The van der Waals surface area contributed by atoms with E-state index in [-0.39, 0.29) is 40.3 Å². The van der Waals surface area contributed by atoms with E-state index in [4.69, 9.17) is 0 Å². The molecule has 0 saturated carbocycles. The third kappa shape index (κ3) is 4.52. The first-order chi connectivity index (χ1) is 13.2. The highest BCUT2D eigenvalue weighted by Crippen LogP contribution is 2.32. The van der Waals surface area contributed by atoms with Gasteiger partial charge in [-0.1, -0.05) is 26.8 Å². The van der Waals surface area contributed by atoms with Crippen LogP contribution in [0.5, 0.6) is 5.75 Å². The molecular weight excluding hydrogens is 358 g/mol. The fraction of sp³-hybridized carbons (Fsp3) is 0.476. The van der Waals surface area contributed by atoms with Gasteiger partial charge in [-0.2, -0.15) is 0 Å². The van der Waals surface area contributed by atoms with E-state index in [0.717, 1.165) is 19.3 Å². The molecule has 0 aliphatic carbocycles. The Bertz CT molecular complexity index is 911. The quantitative estimate of drug-likeness (QED) is 0.452. The van der Waals surface area contributed by atoms with E-state index in [1.54, 1.807) is 26.2 Å². The van der Waals surface area contributed by atoms with Crippen molar-refractivity contribution in [2.75, 3.05) is 24.7 Å². The first-order valence-electron chi connectivity index (χ1n) is 9.57. The molecule has 3 N–H and O–H groups in total. The van der Waals surface area contributed by atoms with Gasteiger partial charge in [0.25, 0.3) is 16.8 Å². The number of carbonyl (C=O) groups is 1. The van der Waals surface area contributed by atoms with Gasteiger partial charge in [-0.3, -0.25) is 14.4 Å². The normalized spacial score (nSPS) is 12.2. The molecule has 2 aromatic carbocycles. The Kier molecular flexibility index (Phi) is 6.83. The summed E-state index contributed by atoms with van der Waals surface area (Å²) in [7, 11) is 3.17. The lowest BCUT2D eigenvalue weighted by Gasteiger charge is -2.22. The molecule has 0 bridgehead atoms. The van der Waals surface area contributed by atoms with Crippen molar-refractivity contribution < 1.29 is 9.90 Å². The van der Waals surface area contributed by atoms with Gasteiger partial charge in [-0.25, -0.2) is 0 Å². The molecule has 0 fully saturated rings. The van der Waals surface area contributed by atoms with E-state index in [9.17, 15) is 19.5 Å². The molecule has 1 atom stereocenters. The summed E-state index contributed by atoms with van der Waals surface area (Å²) in [5.74, 6) is -0.0636. The van der Waals surface area contributed by atoms with E-state index in [0.29, 0.717) is 5.92 Å².